The van der Waals surface area contributed by atoms with Gasteiger partial charge in [0, 0.05) is 18.7 Å². The van der Waals surface area contributed by atoms with Crippen molar-refractivity contribution in [3.63, 3.8) is 0 Å². The third-order valence-corrected chi connectivity index (χ3v) is 3.73. The molecule has 1 heterocycles. The summed E-state index contributed by atoms with van der Waals surface area (Å²) in [4.78, 5) is 6.46. The maximum atomic E-state index is 9.33. The summed E-state index contributed by atoms with van der Waals surface area (Å²) in [6, 6.07) is 5.68. The minimum atomic E-state index is 0.0605. The Morgan fingerprint density at radius 2 is 1.96 bits per heavy atom. The second-order valence-corrected chi connectivity index (χ2v) is 5.36. The van der Waals surface area contributed by atoms with Crippen molar-refractivity contribution in [2.45, 2.75) is 26.9 Å². The van der Waals surface area contributed by atoms with Gasteiger partial charge in [-0.3, -0.25) is 4.90 Å². The van der Waals surface area contributed by atoms with Crippen LogP contribution in [0.5, 0.6) is 11.5 Å². The lowest BCUT2D eigenvalue weighted by Crippen LogP contribution is -2.26. The van der Waals surface area contributed by atoms with Gasteiger partial charge in [-0.15, -0.1) is 0 Å². The predicted molar refractivity (Wildman–Crippen MR) is 86.7 cm³/mol. The Kier molecular flexibility index (Phi) is 6.01. The number of nitrogens with zero attached hydrogens (tertiary/aromatic N) is 2. The number of hydrogen-bond donors (Lipinski definition) is 1. The molecule has 0 fully saturated rings. The highest BCUT2D eigenvalue weighted by Gasteiger charge is 2.15. The summed E-state index contributed by atoms with van der Waals surface area (Å²) in [5.74, 6) is 3.03. The molecule has 0 aliphatic rings. The largest absolute Gasteiger partial charge is 0.497 e. The zero-order valence-corrected chi connectivity index (χ0v) is 14.1. The summed E-state index contributed by atoms with van der Waals surface area (Å²) >= 11 is 0. The molecule has 2 rings (SSSR count). The highest BCUT2D eigenvalue weighted by molar-refractivity contribution is 5.40. The van der Waals surface area contributed by atoms with Gasteiger partial charge in [-0.05, 0) is 32.0 Å². The van der Waals surface area contributed by atoms with Gasteiger partial charge < -0.3 is 19.0 Å². The maximum Gasteiger partial charge on any atom is 0.208 e. The van der Waals surface area contributed by atoms with Crippen LogP contribution < -0.4 is 9.47 Å². The van der Waals surface area contributed by atoms with Crippen LogP contribution in [0.25, 0.3) is 0 Å². The van der Waals surface area contributed by atoms with Gasteiger partial charge in [0.1, 0.15) is 17.3 Å². The van der Waals surface area contributed by atoms with E-state index >= 15 is 0 Å². The smallest absolute Gasteiger partial charge is 0.208 e. The van der Waals surface area contributed by atoms with Gasteiger partial charge in [0.05, 0.1) is 33.1 Å². The van der Waals surface area contributed by atoms with Gasteiger partial charge in [0.2, 0.25) is 5.89 Å². The minimum absolute atomic E-state index is 0.0605. The van der Waals surface area contributed by atoms with Crippen LogP contribution in [0.15, 0.2) is 22.6 Å². The van der Waals surface area contributed by atoms with Crippen molar-refractivity contribution in [3.8, 4) is 11.5 Å². The fourth-order valence-corrected chi connectivity index (χ4v) is 2.40. The maximum absolute atomic E-state index is 9.33. The van der Waals surface area contributed by atoms with Gasteiger partial charge in [0.15, 0.2) is 0 Å². The van der Waals surface area contributed by atoms with Gasteiger partial charge >= 0.3 is 0 Å². The van der Waals surface area contributed by atoms with Crippen LogP contribution in [0.1, 0.15) is 22.9 Å². The van der Waals surface area contributed by atoms with Crippen molar-refractivity contribution in [2.24, 2.45) is 0 Å². The van der Waals surface area contributed by atoms with E-state index in [9.17, 15) is 5.11 Å². The number of methoxy groups -OCH3 is 2. The Balaban J connectivity index is 2.18. The molecule has 1 N–H and O–H groups in total. The highest BCUT2D eigenvalue weighted by Crippen LogP contribution is 2.25. The second kappa shape index (κ2) is 7.99. The first-order valence-electron chi connectivity index (χ1n) is 7.54. The summed E-state index contributed by atoms with van der Waals surface area (Å²) in [7, 11) is 3.28. The number of hydrogen-bond acceptors (Lipinski definition) is 6. The lowest BCUT2D eigenvalue weighted by molar-refractivity contribution is 0.170. The van der Waals surface area contributed by atoms with E-state index < -0.39 is 0 Å². The third kappa shape index (κ3) is 4.46. The first-order chi connectivity index (χ1) is 11.1. The molecule has 0 amide bonds. The fourth-order valence-electron chi connectivity index (χ4n) is 2.40. The molecule has 1 aromatic carbocycles. The SMILES string of the molecule is COc1ccc(OC)c(CN(CCO)Cc2nc(C)c(C)o2)c1. The van der Waals surface area contributed by atoms with Crippen LogP contribution in [0.3, 0.4) is 0 Å². The molecule has 0 spiro atoms. The minimum Gasteiger partial charge on any atom is -0.497 e. The van der Waals surface area contributed by atoms with E-state index in [1.54, 1.807) is 14.2 Å². The monoisotopic (exact) mass is 320 g/mol. The summed E-state index contributed by atoms with van der Waals surface area (Å²) in [5, 5.41) is 9.33. The molecule has 0 saturated carbocycles. The normalized spacial score (nSPS) is 11.0. The number of benzene rings is 1. The van der Waals surface area contributed by atoms with Crippen LogP contribution in [0, 0.1) is 13.8 Å². The van der Waals surface area contributed by atoms with Crippen molar-refractivity contribution >= 4 is 0 Å². The average Bonchev–Trinajstić information content (AvgIpc) is 2.85. The number of aliphatic hydroxyl groups excluding tert-OH is 1. The molecule has 0 unspecified atom stereocenters. The summed E-state index contributed by atoms with van der Waals surface area (Å²) < 4.78 is 16.3. The standard InChI is InChI=1S/C17H24N2O4/c1-12-13(2)23-17(18-12)11-19(7-8-20)10-14-9-15(21-3)5-6-16(14)22-4/h5-6,9,20H,7-8,10-11H2,1-4H3. The van der Waals surface area contributed by atoms with E-state index in [-0.39, 0.29) is 6.61 Å². The lowest BCUT2D eigenvalue weighted by atomic mass is 10.1. The molecule has 6 nitrogen and oxygen atoms in total. The molecule has 1 aromatic heterocycles. The molecule has 0 aliphatic carbocycles. The van der Waals surface area contributed by atoms with Crippen LogP contribution in [-0.2, 0) is 13.1 Å². The number of oxazole rings is 1. The van der Waals surface area contributed by atoms with Crippen molar-refractivity contribution in [3.05, 3.63) is 41.1 Å². The Morgan fingerprint density at radius 1 is 1.17 bits per heavy atom. The number of aliphatic hydroxyl groups is 1. The van der Waals surface area contributed by atoms with E-state index in [2.05, 4.69) is 9.88 Å². The molecule has 0 atom stereocenters. The zero-order valence-electron chi connectivity index (χ0n) is 14.1. The first kappa shape index (κ1) is 17.3. The number of rotatable bonds is 8. The van der Waals surface area contributed by atoms with Gasteiger partial charge in [0.25, 0.3) is 0 Å². The molecule has 2 aromatic rings. The summed E-state index contributed by atoms with van der Waals surface area (Å²) in [6.07, 6.45) is 0. The summed E-state index contributed by atoms with van der Waals surface area (Å²) in [5.41, 5.74) is 1.88. The van der Waals surface area contributed by atoms with Crippen LogP contribution in [0.4, 0.5) is 0 Å². The zero-order chi connectivity index (χ0) is 16.8. The van der Waals surface area contributed by atoms with Crippen molar-refractivity contribution in [1.29, 1.82) is 0 Å². The predicted octanol–water partition coefficient (Wildman–Crippen LogP) is 2.30. The highest BCUT2D eigenvalue weighted by atomic mass is 16.5. The molecule has 0 bridgehead atoms. The quantitative estimate of drug-likeness (QED) is 0.805. The van der Waals surface area contributed by atoms with Crippen molar-refractivity contribution < 1.29 is 19.0 Å². The number of aromatic nitrogens is 1. The Morgan fingerprint density at radius 3 is 2.52 bits per heavy atom. The molecule has 0 radical (unpaired) electrons. The van der Waals surface area contributed by atoms with Crippen molar-refractivity contribution in [2.75, 3.05) is 27.4 Å². The van der Waals surface area contributed by atoms with Crippen LogP contribution in [-0.4, -0.2) is 42.4 Å². The molecule has 6 heteroatoms. The van der Waals surface area contributed by atoms with E-state index in [1.807, 2.05) is 32.0 Å². The number of ether oxygens (including phenoxy) is 2. The third-order valence-electron chi connectivity index (χ3n) is 3.73. The topological polar surface area (TPSA) is 68.0 Å². The average molecular weight is 320 g/mol. The Labute approximate surface area is 136 Å². The van der Waals surface area contributed by atoms with E-state index in [1.165, 1.54) is 0 Å². The van der Waals surface area contributed by atoms with E-state index in [0.29, 0.717) is 25.5 Å². The lowest BCUT2D eigenvalue weighted by Gasteiger charge is -2.21. The van der Waals surface area contributed by atoms with Gasteiger partial charge in [-0.25, -0.2) is 4.98 Å². The van der Waals surface area contributed by atoms with Gasteiger partial charge in [-0.1, -0.05) is 0 Å². The molecule has 0 saturated heterocycles. The summed E-state index contributed by atoms with van der Waals surface area (Å²) in [6.45, 7) is 5.51. The fraction of sp³-hybridized carbons (Fsp3) is 0.471. The first-order valence-corrected chi connectivity index (χ1v) is 7.54. The second-order valence-electron chi connectivity index (χ2n) is 5.36. The van der Waals surface area contributed by atoms with Crippen molar-refractivity contribution in [1.82, 2.24) is 9.88 Å². The molecule has 126 valence electrons. The van der Waals surface area contributed by atoms with E-state index in [0.717, 1.165) is 28.5 Å². The Hall–Kier alpha value is -2.05. The molecular formula is C17H24N2O4. The van der Waals surface area contributed by atoms with Crippen LogP contribution in [0.2, 0.25) is 0 Å². The Bertz CT molecular complexity index is 620. The van der Waals surface area contributed by atoms with Crippen LogP contribution >= 0.6 is 0 Å². The molecule has 23 heavy (non-hydrogen) atoms. The van der Waals surface area contributed by atoms with Gasteiger partial charge in [-0.2, -0.15) is 0 Å². The molecule has 0 aliphatic heterocycles. The number of aryl methyl sites for hydroxylation is 2. The molecular weight excluding hydrogens is 296 g/mol. The van der Waals surface area contributed by atoms with E-state index in [4.69, 9.17) is 13.9 Å².